The normalized spacial score (nSPS) is 10.6. The molecular weight excluding hydrogens is 418 g/mol. The second-order valence-electron chi connectivity index (χ2n) is 6.36. The smallest absolute Gasteiger partial charge is 0.266 e. The number of amides is 2. The summed E-state index contributed by atoms with van der Waals surface area (Å²) in [4.78, 5) is 39.2. The number of benzene rings is 1. The Bertz CT molecular complexity index is 1110. The summed E-state index contributed by atoms with van der Waals surface area (Å²) in [6.07, 6.45) is 1.67. The van der Waals surface area contributed by atoms with Crippen LogP contribution in [0, 0.1) is 13.8 Å². The van der Waals surface area contributed by atoms with Crippen molar-refractivity contribution in [2.45, 2.75) is 13.8 Å². The Balaban J connectivity index is 1.45. The molecule has 4 aromatic rings. The average molecular weight is 436 g/mol. The number of pyridine rings is 1. The molecule has 0 aliphatic carbocycles. The van der Waals surface area contributed by atoms with E-state index in [9.17, 15) is 9.59 Å². The largest absolute Gasteiger partial charge is 0.281 e. The standard InChI is InChI=1S/C21H17N5O2S2/c1-12-16(29-20(23-12)14-8-4-3-5-9-14)18(27)25-26-19(28)17-13(2)24-21(30-17)15-10-6-7-11-22-15/h3-11H,1-2H3,(H,25,27)(H,26,28). The van der Waals surface area contributed by atoms with E-state index in [2.05, 4.69) is 25.8 Å². The van der Waals surface area contributed by atoms with Crippen molar-refractivity contribution in [1.82, 2.24) is 25.8 Å². The maximum atomic E-state index is 12.6. The summed E-state index contributed by atoms with van der Waals surface area (Å²) in [7, 11) is 0. The molecular formula is C21H17N5O2S2. The highest BCUT2D eigenvalue weighted by Gasteiger charge is 2.20. The van der Waals surface area contributed by atoms with E-state index in [-0.39, 0.29) is 0 Å². The predicted molar refractivity (Wildman–Crippen MR) is 117 cm³/mol. The predicted octanol–water partition coefficient (Wildman–Crippen LogP) is 4.02. The van der Waals surface area contributed by atoms with Crippen LogP contribution in [0.5, 0.6) is 0 Å². The van der Waals surface area contributed by atoms with Crippen LogP contribution in [0.2, 0.25) is 0 Å². The first-order valence-corrected chi connectivity index (χ1v) is 10.7. The number of hydrogen-bond donors (Lipinski definition) is 2. The van der Waals surface area contributed by atoms with Gasteiger partial charge in [-0.25, -0.2) is 9.97 Å². The van der Waals surface area contributed by atoms with Crippen LogP contribution in [0.1, 0.15) is 30.7 Å². The van der Waals surface area contributed by atoms with Gasteiger partial charge in [-0.3, -0.25) is 25.4 Å². The molecule has 30 heavy (non-hydrogen) atoms. The molecule has 0 saturated heterocycles. The Hall–Kier alpha value is -3.43. The number of thiazole rings is 2. The number of hydrogen-bond acceptors (Lipinski definition) is 7. The van der Waals surface area contributed by atoms with Crippen molar-refractivity contribution in [3.05, 3.63) is 75.9 Å². The van der Waals surface area contributed by atoms with Gasteiger partial charge in [-0.2, -0.15) is 0 Å². The van der Waals surface area contributed by atoms with E-state index in [1.165, 1.54) is 22.7 Å². The SMILES string of the molecule is Cc1nc(-c2ccccc2)sc1C(=O)NNC(=O)c1sc(-c2ccccn2)nc1C. The summed E-state index contributed by atoms with van der Waals surface area (Å²) in [5.74, 6) is -0.835. The van der Waals surface area contributed by atoms with E-state index in [1.807, 2.05) is 48.5 Å². The van der Waals surface area contributed by atoms with Gasteiger partial charge in [0.2, 0.25) is 0 Å². The minimum Gasteiger partial charge on any atom is -0.266 e. The van der Waals surface area contributed by atoms with Gasteiger partial charge in [0.25, 0.3) is 11.8 Å². The molecule has 0 spiro atoms. The van der Waals surface area contributed by atoms with Crippen LogP contribution in [0.15, 0.2) is 54.7 Å². The summed E-state index contributed by atoms with van der Waals surface area (Å²) in [6, 6.07) is 15.1. The van der Waals surface area contributed by atoms with E-state index in [0.29, 0.717) is 31.8 Å². The lowest BCUT2D eigenvalue weighted by atomic mass is 10.2. The molecule has 0 bridgehead atoms. The maximum absolute atomic E-state index is 12.6. The number of carbonyl (C=O) groups excluding carboxylic acids is 2. The molecule has 3 heterocycles. The Morgan fingerprint density at radius 3 is 1.93 bits per heavy atom. The molecule has 0 radical (unpaired) electrons. The molecule has 0 unspecified atom stereocenters. The fraction of sp³-hybridized carbons (Fsp3) is 0.0952. The highest BCUT2D eigenvalue weighted by molar-refractivity contribution is 7.17. The third-order valence-corrected chi connectivity index (χ3v) is 6.58. The fourth-order valence-electron chi connectivity index (χ4n) is 2.74. The lowest BCUT2D eigenvalue weighted by Gasteiger charge is -2.05. The van der Waals surface area contributed by atoms with Crippen molar-refractivity contribution in [3.63, 3.8) is 0 Å². The zero-order valence-corrected chi connectivity index (χ0v) is 17.8. The zero-order chi connectivity index (χ0) is 21.1. The molecule has 0 fully saturated rings. The van der Waals surface area contributed by atoms with E-state index in [4.69, 9.17) is 0 Å². The van der Waals surface area contributed by atoms with Crippen LogP contribution in [0.25, 0.3) is 21.3 Å². The van der Waals surface area contributed by atoms with Gasteiger partial charge in [-0.05, 0) is 26.0 Å². The molecule has 7 nitrogen and oxygen atoms in total. The minimum atomic E-state index is -0.425. The minimum absolute atomic E-state index is 0.410. The molecule has 1 aromatic carbocycles. The molecule has 150 valence electrons. The molecule has 4 rings (SSSR count). The number of rotatable bonds is 4. The van der Waals surface area contributed by atoms with Crippen LogP contribution in [-0.2, 0) is 0 Å². The third kappa shape index (κ3) is 4.12. The summed E-state index contributed by atoms with van der Waals surface area (Å²) in [6.45, 7) is 3.52. The van der Waals surface area contributed by atoms with Crippen molar-refractivity contribution in [1.29, 1.82) is 0 Å². The fourth-order valence-corrected chi connectivity index (χ4v) is 4.65. The summed E-state index contributed by atoms with van der Waals surface area (Å²) in [5, 5.41) is 1.40. The van der Waals surface area contributed by atoms with Crippen molar-refractivity contribution in [2.75, 3.05) is 0 Å². The number of nitrogens with zero attached hydrogens (tertiary/aromatic N) is 3. The van der Waals surface area contributed by atoms with Crippen LogP contribution in [0.4, 0.5) is 0 Å². The van der Waals surface area contributed by atoms with E-state index >= 15 is 0 Å². The zero-order valence-electron chi connectivity index (χ0n) is 16.2. The highest BCUT2D eigenvalue weighted by Crippen LogP contribution is 2.28. The quantitative estimate of drug-likeness (QED) is 0.472. The Labute approximate surface area is 180 Å². The first-order chi connectivity index (χ1) is 14.5. The van der Waals surface area contributed by atoms with Crippen molar-refractivity contribution < 1.29 is 9.59 Å². The lowest BCUT2D eigenvalue weighted by molar-refractivity contribution is 0.0850. The van der Waals surface area contributed by atoms with Gasteiger partial charge in [0, 0.05) is 11.8 Å². The average Bonchev–Trinajstić information content (AvgIpc) is 3.36. The van der Waals surface area contributed by atoms with Crippen molar-refractivity contribution >= 4 is 34.5 Å². The highest BCUT2D eigenvalue weighted by atomic mass is 32.1. The molecule has 0 atom stereocenters. The lowest BCUT2D eigenvalue weighted by Crippen LogP contribution is -2.41. The van der Waals surface area contributed by atoms with Gasteiger partial charge >= 0.3 is 0 Å². The molecule has 0 aliphatic heterocycles. The van der Waals surface area contributed by atoms with Gasteiger partial charge in [-0.15, -0.1) is 22.7 Å². The topological polar surface area (TPSA) is 96.9 Å². The van der Waals surface area contributed by atoms with E-state index < -0.39 is 11.8 Å². The monoisotopic (exact) mass is 435 g/mol. The van der Waals surface area contributed by atoms with Crippen LogP contribution in [0.3, 0.4) is 0 Å². The number of hydrazine groups is 1. The van der Waals surface area contributed by atoms with Gasteiger partial charge in [-0.1, -0.05) is 36.4 Å². The number of carbonyl (C=O) groups is 2. The number of aryl methyl sites for hydroxylation is 2. The summed E-state index contributed by atoms with van der Waals surface area (Å²) < 4.78 is 0. The summed E-state index contributed by atoms with van der Waals surface area (Å²) in [5.41, 5.74) is 7.77. The van der Waals surface area contributed by atoms with E-state index in [0.717, 1.165) is 10.6 Å². The second-order valence-corrected chi connectivity index (χ2v) is 8.35. The molecule has 2 amide bonds. The van der Waals surface area contributed by atoms with Gasteiger partial charge in [0.1, 0.15) is 19.8 Å². The maximum Gasteiger partial charge on any atom is 0.281 e. The Kier molecular flexibility index (Phi) is 5.64. The van der Waals surface area contributed by atoms with Crippen molar-refractivity contribution in [2.24, 2.45) is 0 Å². The van der Waals surface area contributed by atoms with Gasteiger partial charge in [0.15, 0.2) is 0 Å². The first-order valence-electron chi connectivity index (χ1n) is 9.05. The summed E-state index contributed by atoms with van der Waals surface area (Å²) >= 11 is 2.51. The van der Waals surface area contributed by atoms with Crippen LogP contribution in [-0.4, -0.2) is 26.8 Å². The van der Waals surface area contributed by atoms with Crippen LogP contribution < -0.4 is 10.9 Å². The molecule has 0 saturated carbocycles. The molecule has 0 aliphatic rings. The number of aromatic nitrogens is 3. The van der Waals surface area contributed by atoms with Crippen LogP contribution >= 0.6 is 22.7 Å². The van der Waals surface area contributed by atoms with Crippen molar-refractivity contribution in [3.8, 4) is 21.3 Å². The molecule has 9 heteroatoms. The van der Waals surface area contributed by atoms with Gasteiger partial charge in [0.05, 0.1) is 17.1 Å². The second kappa shape index (κ2) is 8.52. The third-order valence-electron chi connectivity index (χ3n) is 4.20. The van der Waals surface area contributed by atoms with Gasteiger partial charge < -0.3 is 0 Å². The first kappa shape index (κ1) is 19.9. The number of nitrogens with one attached hydrogen (secondary N) is 2. The Morgan fingerprint density at radius 1 is 0.767 bits per heavy atom. The molecule has 3 aromatic heterocycles. The molecule has 2 N–H and O–H groups in total. The van der Waals surface area contributed by atoms with E-state index in [1.54, 1.807) is 20.0 Å². The Morgan fingerprint density at radius 2 is 1.33 bits per heavy atom.